The normalized spacial score (nSPS) is 17.9. The minimum absolute atomic E-state index is 0.311. The van der Waals surface area contributed by atoms with Crippen molar-refractivity contribution < 1.29 is 23.8 Å². The van der Waals surface area contributed by atoms with Gasteiger partial charge in [-0.3, -0.25) is 9.78 Å². The SMILES string of the molecule is COC(=O)c1ccc(NC(=O)c2cc(N3CCC4(CC3)OCCO4)ccn2)cc1. The molecule has 2 saturated heterocycles. The average molecular weight is 397 g/mol. The summed E-state index contributed by atoms with van der Waals surface area (Å²) in [6, 6.07) is 10.2. The zero-order valence-corrected chi connectivity index (χ0v) is 16.2. The van der Waals surface area contributed by atoms with Gasteiger partial charge >= 0.3 is 5.97 Å². The summed E-state index contributed by atoms with van der Waals surface area (Å²) in [5, 5.41) is 2.80. The van der Waals surface area contributed by atoms with Crippen LogP contribution in [0, 0.1) is 0 Å². The van der Waals surface area contributed by atoms with E-state index in [2.05, 4.69) is 19.9 Å². The quantitative estimate of drug-likeness (QED) is 0.793. The van der Waals surface area contributed by atoms with Crippen LogP contribution >= 0.6 is 0 Å². The Morgan fingerprint density at radius 2 is 1.79 bits per heavy atom. The van der Waals surface area contributed by atoms with E-state index >= 15 is 0 Å². The largest absolute Gasteiger partial charge is 0.465 e. The number of rotatable bonds is 4. The van der Waals surface area contributed by atoms with Gasteiger partial charge < -0.3 is 24.4 Å². The van der Waals surface area contributed by atoms with Gasteiger partial charge in [0.25, 0.3) is 5.91 Å². The Hall–Kier alpha value is -2.97. The van der Waals surface area contributed by atoms with E-state index in [1.165, 1.54) is 7.11 Å². The lowest BCUT2D eigenvalue weighted by Crippen LogP contribution is -2.45. The maximum Gasteiger partial charge on any atom is 0.337 e. The predicted octanol–water partition coefficient (Wildman–Crippen LogP) is 2.46. The number of nitrogens with one attached hydrogen (secondary N) is 1. The number of hydrogen-bond donors (Lipinski definition) is 1. The van der Waals surface area contributed by atoms with Gasteiger partial charge in [0.1, 0.15) is 5.69 Å². The molecule has 2 aromatic rings. The number of nitrogens with zero attached hydrogens (tertiary/aromatic N) is 2. The van der Waals surface area contributed by atoms with Crippen LogP contribution in [0.4, 0.5) is 11.4 Å². The van der Waals surface area contributed by atoms with Crippen LogP contribution in [0.1, 0.15) is 33.7 Å². The highest BCUT2D eigenvalue weighted by Gasteiger charge is 2.39. The Kier molecular flexibility index (Phi) is 5.46. The van der Waals surface area contributed by atoms with E-state index in [1.807, 2.05) is 6.07 Å². The molecule has 0 unspecified atom stereocenters. The van der Waals surface area contributed by atoms with Crippen LogP contribution in [-0.2, 0) is 14.2 Å². The second-order valence-corrected chi connectivity index (χ2v) is 7.02. The molecule has 8 nitrogen and oxygen atoms in total. The number of benzene rings is 1. The number of hydrogen-bond acceptors (Lipinski definition) is 7. The standard InChI is InChI=1S/C21H23N3O5/c1-27-20(26)15-2-4-16(5-3-15)23-19(25)18-14-17(6-9-22-18)24-10-7-21(8-11-24)28-12-13-29-21/h2-6,9,14H,7-8,10-13H2,1H3,(H,23,25). The third-order valence-corrected chi connectivity index (χ3v) is 5.24. The van der Waals surface area contributed by atoms with Gasteiger partial charge in [-0.05, 0) is 36.4 Å². The van der Waals surface area contributed by atoms with Crippen LogP contribution in [0.2, 0.25) is 0 Å². The van der Waals surface area contributed by atoms with Crippen molar-refractivity contribution in [1.29, 1.82) is 0 Å². The van der Waals surface area contributed by atoms with Gasteiger partial charge in [-0.15, -0.1) is 0 Å². The Bertz CT molecular complexity index is 883. The molecule has 1 spiro atoms. The number of amides is 1. The molecule has 1 aromatic heterocycles. The highest BCUT2D eigenvalue weighted by molar-refractivity contribution is 6.03. The predicted molar refractivity (Wildman–Crippen MR) is 106 cm³/mol. The molecule has 0 atom stereocenters. The Labute approximate surface area is 168 Å². The molecule has 4 rings (SSSR count). The minimum Gasteiger partial charge on any atom is -0.465 e. The van der Waals surface area contributed by atoms with E-state index < -0.39 is 11.8 Å². The average Bonchev–Trinajstić information content (AvgIpc) is 3.22. The van der Waals surface area contributed by atoms with Crippen molar-refractivity contribution in [1.82, 2.24) is 4.98 Å². The smallest absolute Gasteiger partial charge is 0.337 e. The van der Waals surface area contributed by atoms with Gasteiger partial charge in [-0.25, -0.2) is 4.79 Å². The van der Waals surface area contributed by atoms with Crippen molar-refractivity contribution in [2.45, 2.75) is 18.6 Å². The summed E-state index contributed by atoms with van der Waals surface area (Å²) in [5.41, 5.74) is 2.27. The molecule has 2 aliphatic heterocycles. The summed E-state index contributed by atoms with van der Waals surface area (Å²) >= 11 is 0. The molecule has 2 fully saturated rings. The zero-order valence-electron chi connectivity index (χ0n) is 16.2. The van der Waals surface area contributed by atoms with Crippen LogP contribution in [0.5, 0.6) is 0 Å². The van der Waals surface area contributed by atoms with Gasteiger partial charge in [-0.2, -0.15) is 0 Å². The topological polar surface area (TPSA) is 90.0 Å². The maximum atomic E-state index is 12.6. The molecule has 1 amide bonds. The van der Waals surface area contributed by atoms with Crippen LogP contribution in [-0.4, -0.2) is 56.1 Å². The molecule has 152 valence electrons. The molecule has 0 saturated carbocycles. The molecule has 8 heteroatoms. The van der Waals surface area contributed by atoms with E-state index in [-0.39, 0.29) is 5.91 Å². The van der Waals surface area contributed by atoms with Crippen LogP contribution in [0.25, 0.3) is 0 Å². The first-order valence-electron chi connectivity index (χ1n) is 9.57. The first-order chi connectivity index (χ1) is 14.1. The van der Waals surface area contributed by atoms with Crippen LogP contribution in [0.15, 0.2) is 42.6 Å². The summed E-state index contributed by atoms with van der Waals surface area (Å²) in [6.07, 6.45) is 3.23. The summed E-state index contributed by atoms with van der Waals surface area (Å²) in [7, 11) is 1.33. The number of pyridine rings is 1. The summed E-state index contributed by atoms with van der Waals surface area (Å²) in [5.74, 6) is -1.16. The third-order valence-electron chi connectivity index (χ3n) is 5.24. The number of methoxy groups -OCH3 is 1. The molecular formula is C21H23N3O5. The lowest BCUT2D eigenvalue weighted by atomic mass is 10.0. The van der Waals surface area contributed by atoms with E-state index in [0.29, 0.717) is 30.2 Å². The number of ether oxygens (including phenoxy) is 3. The number of aromatic nitrogens is 1. The molecule has 0 bridgehead atoms. The number of piperidine rings is 1. The van der Waals surface area contributed by atoms with Crippen molar-refractivity contribution in [3.05, 3.63) is 53.9 Å². The van der Waals surface area contributed by atoms with Gasteiger partial charge in [0.15, 0.2) is 5.79 Å². The Balaban J connectivity index is 1.40. The first-order valence-corrected chi connectivity index (χ1v) is 9.57. The lowest BCUT2D eigenvalue weighted by molar-refractivity contribution is -0.169. The van der Waals surface area contributed by atoms with Crippen molar-refractivity contribution in [2.75, 3.05) is 43.6 Å². The van der Waals surface area contributed by atoms with E-state index in [9.17, 15) is 9.59 Å². The van der Waals surface area contributed by atoms with E-state index in [4.69, 9.17) is 9.47 Å². The fraction of sp³-hybridized carbons (Fsp3) is 0.381. The molecular weight excluding hydrogens is 374 g/mol. The summed E-state index contributed by atoms with van der Waals surface area (Å²) < 4.78 is 16.2. The fourth-order valence-electron chi connectivity index (χ4n) is 3.63. The highest BCUT2D eigenvalue weighted by Crippen LogP contribution is 2.33. The highest BCUT2D eigenvalue weighted by atomic mass is 16.7. The second kappa shape index (κ2) is 8.18. The monoisotopic (exact) mass is 397 g/mol. The number of carbonyl (C=O) groups is 2. The Morgan fingerprint density at radius 1 is 1.10 bits per heavy atom. The molecule has 1 N–H and O–H groups in total. The van der Waals surface area contributed by atoms with Gasteiger partial charge in [0, 0.05) is 43.5 Å². The number of anilines is 2. The summed E-state index contributed by atoms with van der Waals surface area (Å²) in [4.78, 5) is 30.5. The van der Waals surface area contributed by atoms with Gasteiger partial charge in [0.05, 0.1) is 25.9 Å². The van der Waals surface area contributed by atoms with E-state index in [0.717, 1.165) is 31.6 Å². The van der Waals surface area contributed by atoms with Gasteiger partial charge in [-0.1, -0.05) is 0 Å². The maximum absolute atomic E-state index is 12.6. The van der Waals surface area contributed by atoms with Gasteiger partial charge in [0.2, 0.25) is 0 Å². The third kappa shape index (κ3) is 4.23. The molecule has 0 aliphatic carbocycles. The van der Waals surface area contributed by atoms with Crippen molar-refractivity contribution in [2.24, 2.45) is 0 Å². The zero-order chi connectivity index (χ0) is 20.3. The number of esters is 1. The van der Waals surface area contributed by atoms with Crippen LogP contribution < -0.4 is 10.2 Å². The van der Waals surface area contributed by atoms with Crippen molar-refractivity contribution in [3.8, 4) is 0 Å². The lowest BCUT2D eigenvalue weighted by Gasteiger charge is -2.38. The fourth-order valence-corrected chi connectivity index (χ4v) is 3.63. The molecule has 2 aliphatic rings. The van der Waals surface area contributed by atoms with Crippen molar-refractivity contribution >= 4 is 23.3 Å². The molecule has 3 heterocycles. The minimum atomic E-state index is -0.430. The molecule has 0 radical (unpaired) electrons. The molecule has 1 aromatic carbocycles. The Morgan fingerprint density at radius 3 is 2.45 bits per heavy atom. The second-order valence-electron chi connectivity index (χ2n) is 7.02. The van der Waals surface area contributed by atoms with Crippen molar-refractivity contribution in [3.63, 3.8) is 0 Å². The summed E-state index contributed by atoms with van der Waals surface area (Å²) in [6.45, 7) is 2.89. The first kappa shape index (κ1) is 19.4. The number of carbonyl (C=O) groups excluding carboxylic acids is 2. The molecule has 29 heavy (non-hydrogen) atoms. The van der Waals surface area contributed by atoms with E-state index in [1.54, 1.807) is 36.5 Å². The van der Waals surface area contributed by atoms with Crippen LogP contribution in [0.3, 0.4) is 0 Å².